The van der Waals surface area contributed by atoms with Crippen molar-refractivity contribution in [2.45, 2.75) is 25.0 Å². The summed E-state index contributed by atoms with van der Waals surface area (Å²) >= 11 is 0. The quantitative estimate of drug-likeness (QED) is 0.690. The molecule has 0 aliphatic carbocycles. The van der Waals surface area contributed by atoms with E-state index in [1.165, 1.54) is 16.7 Å². The Kier molecular flexibility index (Phi) is 3.83. The van der Waals surface area contributed by atoms with Crippen molar-refractivity contribution in [1.29, 1.82) is 0 Å². The summed E-state index contributed by atoms with van der Waals surface area (Å²) in [6.45, 7) is 2.27. The predicted molar refractivity (Wildman–Crippen MR) is 96.9 cm³/mol. The summed E-state index contributed by atoms with van der Waals surface area (Å²) in [6, 6.07) is 30.1. The summed E-state index contributed by atoms with van der Waals surface area (Å²) in [6.07, 6.45) is 0. The van der Waals surface area contributed by atoms with Crippen LogP contribution in [-0.2, 0) is 0 Å². The number of hydrogen-bond donors (Lipinski definition) is 1. The van der Waals surface area contributed by atoms with Gasteiger partial charge in [0.25, 0.3) is 0 Å². The lowest BCUT2D eigenvalue weighted by Gasteiger charge is -2.21. The number of phenols is 1. The van der Waals surface area contributed by atoms with Crippen LogP contribution in [0.4, 0.5) is 0 Å². The van der Waals surface area contributed by atoms with Crippen LogP contribution in [0.3, 0.4) is 0 Å². The average Bonchev–Trinajstić information content (AvgIpc) is 3.28. The van der Waals surface area contributed by atoms with E-state index in [-0.39, 0.29) is 6.04 Å². The maximum absolute atomic E-state index is 9.54. The van der Waals surface area contributed by atoms with Crippen molar-refractivity contribution in [1.82, 2.24) is 4.90 Å². The number of nitrogens with zero attached hydrogens (tertiary/aromatic N) is 1. The van der Waals surface area contributed by atoms with Gasteiger partial charge in [-0.2, -0.15) is 0 Å². The van der Waals surface area contributed by atoms with Gasteiger partial charge >= 0.3 is 0 Å². The van der Waals surface area contributed by atoms with E-state index in [0.717, 1.165) is 0 Å². The molecule has 3 aromatic carbocycles. The highest BCUT2D eigenvalue weighted by molar-refractivity contribution is 5.38. The highest BCUT2D eigenvalue weighted by Crippen LogP contribution is 2.51. The highest BCUT2D eigenvalue weighted by Gasteiger charge is 2.49. The monoisotopic (exact) mass is 315 g/mol. The van der Waals surface area contributed by atoms with E-state index in [0.29, 0.717) is 17.8 Å². The van der Waals surface area contributed by atoms with Crippen LogP contribution < -0.4 is 0 Å². The molecule has 2 nitrogen and oxygen atoms in total. The average molecular weight is 315 g/mol. The van der Waals surface area contributed by atoms with Gasteiger partial charge in [-0.05, 0) is 35.7 Å². The molecule has 1 saturated heterocycles. The van der Waals surface area contributed by atoms with E-state index in [1.807, 2.05) is 12.1 Å². The fourth-order valence-electron chi connectivity index (χ4n) is 3.70. The number of hydrogen-bond acceptors (Lipinski definition) is 2. The molecule has 24 heavy (non-hydrogen) atoms. The minimum Gasteiger partial charge on any atom is -0.508 e. The summed E-state index contributed by atoms with van der Waals surface area (Å²) in [5.74, 6) is 0.321. The summed E-state index contributed by atoms with van der Waals surface area (Å²) in [7, 11) is 0. The molecule has 120 valence electrons. The molecule has 3 unspecified atom stereocenters. The molecule has 0 spiro atoms. The number of rotatable bonds is 4. The van der Waals surface area contributed by atoms with Crippen molar-refractivity contribution < 1.29 is 5.11 Å². The van der Waals surface area contributed by atoms with Gasteiger partial charge in [0.05, 0.1) is 12.1 Å². The van der Waals surface area contributed by atoms with Crippen LogP contribution in [0.1, 0.15) is 35.7 Å². The van der Waals surface area contributed by atoms with E-state index in [2.05, 4.69) is 72.5 Å². The summed E-state index contributed by atoms with van der Waals surface area (Å²) in [4.78, 5) is 2.54. The van der Waals surface area contributed by atoms with E-state index in [9.17, 15) is 5.11 Å². The minimum atomic E-state index is 0.251. The largest absolute Gasteiger partial charge is 0.508 e. The Hall–Kier alpha value is -2.58. The molecule has 0 bridgehead atoms. The molecule has 1 heterocycles. The van der Waals surface area contributed by atoms with Crippen LogP contribution in [0, 0.1) is 0 Å². The molecule has 1 N–H and O–H groups in total. The van der Waals surface area contributed by atoms with Gasteiger partial charge in [-0.25, -0.2) is 0 Å². The second-order valence-electron chi connectivity index (χ2n) is 6.45. The molecular formula is C22H21NO. The SMILES string of the molecule is CC1C(c2ccc(O)cc2)N1C(c1ccccc1)c1ccccc1. The van der Waals surface area contributed by atoms with Crippen molar-refractivity contribution >= 4 is 0 Å². The molecular weight excluding hydrogens is 294 g/mol. The molecule has 0 amide bonds. The Balaban J connectivity index is 1.71. The van der Waals surface area contributed by atoms with Crippen molar-refractivity contribution in [3.63, 3.8) is 0 Å². The molecule has 1 aliphatic rings. The van der Waals surface area contributed by atoms with Crippen LogP contribution in [0.5, 0.6) is 5.75 Å². The van der Waals surface area contributed by atoms with Gasteiger partial charge in [0, 0.05) is 6.04 Å². The molecule has 0 saturated carbocycles. The second kappa shape index (κ2) is 6.14. The van der Waals surface area contributed by atoms with Crippen molar-refractivity contribution in [3.8, 4) is 5.75 Å². The summed E-state index contributed by atoms with van der Waals surface area (Å²) < 4.78 is 0. The summed E-state index contributed by atoms with van der Waals surface area (Å²) in [5, 5.41) is 9.54. The van der Waals surface area contributed by atoms with E-state index in [1.54, 1.807) is 12.1 Å². The van der Waals surface area contributed by atoms with E-state index >= 15 is 0 Å². The van der Waals surface area contributed by atoms with Crippen LogP contribution in [0.25, 0.3) is 0 Å². The maximum Gasteiger partial charge on any atom is 0.115 e. The Morgan fingerprint density at radius 2 is 1.25 bits per heavy atom. The lowest BCUT2D eigenvalue weighted by Crippen LogP contribution is -2.13. The lowest BCUT2D eigenvalue weighted by atomic mass is 9.98. The van der Waals surface area contributed by atoms with Gasteiger partial charge in [0.1, 0.15) is 5.75 Å². The third-order valence-electron chi connectivity index (χ3n) is 4.92. The zero-order valence-corrected chi connectivity index (χ0v) is 13.7. The zero-order chi connectivity index (χ0) is 16.5. The van der Waals surface area contributed by atoms with Crippen molar-refractivity contribution in [2.75, 3.05) is 0 Å². The maximum atomic E-state index is 9.54. The predicted octanol–water partition coefficient (Wildman–Crippen LogP) is 4.93. The van der Waals surface area contributed by atoms with Crippen LogP contribution in [0.2, 0.25) is 0 Å². The molecule has 4 rings (SSSR count). The van der Waals surface area contributed by atoms with Crippen molar-refractivity contribution in [3.05, 3.63) is 102 Å². The first kappa shape index (κ1) is 15.0. The highest BCUT2D eigenvalue weighted by atomic mass is 16.3. The van der Waals surface area contributed by atoms with Gasteiger partial charge in [-0.1, -0.05) is 72.8 Å². The van der Waals surface area contributed by atoms with Gasteiger partial charge < -0.3 is 5.11 Å². The fraction of sp³-hybridized carbons (Fsp3) is 0.182. The number of aromatic hydroxyl groups is 1. The first-order chi connectivity index (χ1) is 11.8. The number of benzene rings is 3. The topological polar surface area (TPSA) is 23.2 Å². The molecule has 2 heteroatoms. The number of phenolic OH excluding ortho intramolecular Hbond substituents is 1. The molecule has 3 atom stereocenters. The van der Waals surface area contributed by atoms with Gasteiger partial charge in [-0.3, -0.25) is 4.90 Å². The van der Waals surface area contributed by atoms with Crippen molar-refractivity contribution in [2.24, 2.45) is 0 Å². The molecule has 1 fully saturated rings. The van der Waals surface area contributed by atoms with Gasteiger partial charge in [0.2, 0.25) is 0 Å². The normalized spacial score (nSPS) is 22.5. The Bertz CT molecular complexity index is 759. The first-order valence-electron chi connectivity index (χ1n) is 8.42. The molecule has 0 radical (unpaired) electrons. The fourth-order valence-corrected chi connectivity index (χ4v) is 3.70. The third-order valence-corrected chi connectivity index (χ3v) is 4.92. The molecule has 0 aromatic heterocycles. The molecule has 3 aromatic rings. The van der Waals surface area contributed by atoms with Crippen LogP contribution in [0.15, 0.2) is 84.9 Å². The van der Waals surface area contributed by atoms with Crippen LogP contribution >= 0.6 is 0 Å². The first-order valence-corrected chi connectivity index (χ1v) is 8.42. The smallest absolute Gasteiger partial charge is 0.115 e. The third kappa shape index (κ3) is 2.70. The van der Waals surface area contributed by atoms with E-state index < -0.39 is 0 Å². The second-order valence-corrected chi connectivity index (χ2v) is 6.45. The van der Waals surface area contributed by atoms with Gasteiger partial charge in [0.15, 0.2) is 0 Å². The standard InChI is InChI=1S/C22H21NO/c1-16-21(19-12-14-20(24)15-13-19)23(16)22(17-8-4-2-5-9-17)18-10-6-3-7-11-18/h2-16,21-22,24H,1H3. The molecule has 1 aliphatic heterocycles. The van der Waals surface area contributed by atoms with Gasteiger partial charge in [-0.15, -0.1) is 0 Å². The Morgan fingerprint density at radius 3 is 1.75 bits per heavy atom. The Labute approximate surface area is 143 Å². The Morgan fingerprint density at radius 1 is 0.750 bits per heavy atom. The summed E-state index contributed by atoms with van der Waals surface area (Å²) in [5.41, 5.74) is 3.89. The van der Waals surface area contributed by atoms with Crippen LogP contribution in [-0.4, -0.2) is 16.0 Å². The minimum absolute atomic E-state index is 0.251. The van der Waals surface area contributed by atoms with E-state index in [4.69, 9.17) is 0 Å². The zero-order valence-electron chi connectivity index (χ0n) is 13.7. The lowest BCUT2D eigenvalue weighted by molar-refractivity contribution is 0.413.